The van der Waals surface area contributed by atoms with Crippen molar-refractivity contribution >= 4 is 33.2 Å². The smallest absolute Gasteiger partial charge is 0.335 e. The summed E-state index contributed by atoms with van der Waals surface area (Å²) in [5.41, 5.74) is 5.78. The molecule has 41 heavy (non-hydrogen) atoms. The van der Waals surface area contributed by atoms with Gasteiger partial charge >= 0.3 is 5.97 Å². The van der Waals surface area contributed by atoms with E-state index >= 15 is 0 Å². The average Bonchev–Trinajstić information content (AvgIpc) is 3.19. The van der Waals surface area contributed by atoms with E-state index in [2.05, 4.69) is 15.9 Å². The molecule has 2 aromatic carbocycles. The molecule has 2 heterocycles. The molecule has 3 aromatic rings. The van der Waals surface area contributed by atoms with Crippen molar-refractivity contribution in [3.05, 3.63) is 71.3 Å². The standard InChI is InChI=1S/C31H37N3O6S/c1-5-15-33(2)41(37,38)32-30(35)21-11-13-26-27(18-21)34-19-23(31(36)40-4)16-22-17-24(39-3)12-14-25(22)29(34)28(26)20-9-7-6-8-10-20/h5,11-14,16-18,20,30,32,35H,1,6-10,15,19H2,2-4H3. The number of methoxy groups -OCH3 is 2. The number of fused-ring (bicyclic) bond motifs is 5. The van der Waals surface area contributed by atoms with E-state index in [1.165, 1.54) is 32.2 Å². The third kappa shape index (κ3) is 5.57. The van der Waals surface area contributed by atoms with Crippen LogP contribution in [-0.2, 0) is 26.3 Å². The number of ether oxygens (including phenoxy) is 2. The van der Waals surface area contributed by atoms with Gasteiger partial charge in [0.25, 0.3) is 10.2 Å². The first-order valence-corrected chi connectivity index (χ1v) is 15.3. The van der Waals surface area contributed by atoms with Gasteiger partial charge in [-0.3, -0.25) is 0 Å². The molecule has 9 nitrogen and oxygen atoms in total. The van der Waals surface area contributed by atoms with Crippen molar-refractivity contribution in [2.75, 3.05) is 27.8 Å². The molecular weight excluding hydrogens is 542 g/mol. The fraction of sp³-hybridized carbons (Fsp3) is 0.387. The van der Waals surface area contributed by atoms with Gasteiger partial charge in [0.2, 0.25) is 0 Å². The number of likely N-dealkylation sites (N-methyl/N-ethyl adjacent to an activating group) is 1. The van der Waals surface area contributed by atoms with Crippen molar-refractivity contribution in [3.63, 3.8) is 0 Å². The van der Waals surface area contributed by atoms with Gasteiger partial charge < -0.3 is 19.1 Å². The zero-order chi connectivity index (χ0) is 29.3. The van der Waals surface area contributed by atoms with Crippen LogP contribution in [0, 0.1) is 0 Å². The fourth-order valence-electron chi connectivity index (χ4n) is 6.06. The molecule has 0 spiro atoms. The summed E-state index contributed by atoms with van der Waals surface area (Å²) in [4.78, 5) is 12.9. The summed E-state index contributed by atoms with van der Waals surface area (Å²) in [6.07, 6.45) is 7.49. The highest BCUT2D eigenvalue weighted by Crippen LogP contribution is 2.47. The zero-order valence-corrected chi connectivity index (χ0v) is 24.5. The van der Waals surface area contributed by atoms with Crippen LogP contribution >= 0.6 is 0 Å². The topological polar surface area (TPSA) is 110 Å². The third-order valence-corrected chi connectivity index (χ3v) is 9.62. The van der Waals surface area contributed by atoms with Gasteiger partial charge in [0.15, 0.2) is 0 Å². The minimum atomic E-state index is -3.96. The van der Waals surface area contributed by atoms with E-state index in [1.54, 1.807) is 13.2 Å². The van der Waals surface area contributed by atoms with E-state index in [4.69, 9.17) is 9.47 Å². The molecule has 0 saturated heterocycles. The number of nitrogens with one attached hydrogen (secondary N) is 1. The number of nitrogens with zero attached hydrogens (tertiary/aromatic N) is 2. The molecule has 2 N–H and O–H groups in total. The van der Waals surface area contributed by atoms with E-state index < -0.39 is 22.4 Å². The maximum absolute atomic E-state index is 12.9. The predicted octanol–water partition coefficient (Wildman–Crippen LogP) is 4.88. The Bertz CT molecular complexity index is 1620. The van der Waals surface area contributed by atoms with Gasteiger partial charge in [-0.15, -0.1) is 6.58 Å². The number of carbonyl (C=O) groups is 1. The lowest BCUT2D eigenvalue weighted by Crippen LogP contribution is -2.40. The van der Waals surface area contributed by atoms with Crippen molar-refractivity contribution in [2.24, 2.45) is 0 Å². The molecular formula is C31H37N3O6S. The molecule has 0 bridgehead atoms. The highest BCUT2D eigenvalue weighted by molar-refractivity contribution is 7.87. The molecule has 1 aromatic heterocycles. The highest BCUT2D eigenvalue weighted by Gasteiger charge is 2.31. The number of aliphatic hydroxyl groups excluding tert-OH is 1. The Morgan fingerprint density at radius 3 is 2.63 bits per heavy atom. The summed E-state index contributed by atoms with van der Waals surface area (Å²) >= 11 is 0. The largest absolute Gasteiger partial charge is 0.497 e. The highest BCUT2D eigenvalue weighted by atomic mass is 32.2. The number of hydrogen-bond donors (Lipinski definition) is 2. The lowest BCUT2D eigenvalue weighted by Gasteiger charge is -2.24. The van der Waals surface area contributed by atoms with E-state index in [9.17, 15) is 18.3 Å². The first-order valence-electron chi connectivity index (χ1n) is 13.8. The van der Waals surface area contributed by atoms with Crippen LogP contribution in [0.4, 0.5) is 0 Å². The summed E-state index contributed by atoms with van der Waals surface area (Å²) in [6, 6.07) is 11.4. The molecule has 1 saturated carbocycles. The van der Waals surface area contributed by atoms with Gasteiger partial charge in [0.1, 0.15) is 12.0 Å². The second-order valence-corrected chi connectivity index (χ2v) is 12.5. The first kappa shape index (κ1) is 29.1. The summed E-state index contributed by atoms with van der Waals surface area (Å²) in [5, 5.41) is 12.0. The number of rotatable bonds is 9. The Balaban J connectivity index is 1.72. The van der Waals surface area contributed by atoms with Crippen LogP contribution in [0.5, 0.6) is 5.75 Å². The summed E-state index contributed by atoms with van der Waals surface area (Å²) in [5.74, 6) is 0.591. The van der Waals surface area contributed by atoms with Gasteiger partial charge in [-0.1, -0.05) is 37.5 Å². The average molecular weight is 580 g/mol. The SMILES string of the molecule is C=CCN(C)S(=O)(=O)NC(O)c1ccc2c(C3CCCCC3)c3n(c2c1)CC(C(=O)OC)=Cc1cc(OC)ccc1-3. The maximum Gasteiger partial charge on any atom is 0.335 e. The summed E-state index contributed by atoms with van der Waals surface area (Å²) < 4.78 is 41.6. The van der Waals surface area contributed by atoms with Crippen LogP contribution in [0.1, 0.15) is 60.9 Å². The zero-order valence-electron chi connectivity index (χ0n) is 23.7. The van der Waals surface area contributed by atoms with Crippen molar-refractivity contribution < 1.29 is 27.8 Å². The van der Waals surface area contributed by atoms with Crippen molar-refractivity contribution in [1.29, 1.82) is 0 Å². The van der Waals surface area contributed by atoms with Gasteiger partial charge in [-0.2, -0.15) is 17.4 Å². The molecule has 10 heteroatoms. The number of aromatic nitrogens is 1. The fourth-order valence-corrected chi connectivity index (χ4v) is 6.96. The molecule has 0 amide bonds. The normalized spacial score (nSPS) is 16.5. The quantitative estimate of drug-likeness (QED) is 0.213. The van der Waals surface area contributed by atoms with Gasteiger partial charge in [0.05, 0.1) is 32.0 Å². The third-order valence-electron chi connectivity index (χ3n) is 8.13. The molecule has 5 rings (SSSR count). The summed E-state index contributed by atoms with van der Waals surface area (Å²) in [6.45, 7) is 3.94. The number of hydrogen-bond acceptors (Lipinski definition) is 6. The summed E-state index contributed by atoms with van der Waals surface area (Å²) in [7, 11) is 0.441. The number of aliphatic hydroxyl groups is 1. The maximum atomic E-state index is 12.9. The lowest BCUT2D eigenvalue weighted by molar-refractivity contribution is -0.136. The van der Waals surface area contributed by atoms with E-state index in [0.717, 1.165) is 57.7 Å². The molecule has 218 valence electrons. The molecule has 1 unspecified atom stereocenters. The Labute approximate surface area is 241 Å². The van der Waals surface area contributed by atoms with E-state index in [-0.39, 0.29) is 13.1 Å². The van der Waals surface area contributed by atoms with Crippen molar-refractivity contribution in [2.45, 2.75) is 50.8 Å². The number of carbonyl (C=O) groups excluding carboxylic acids is 1. The Hall–Kier alpha value is -3.44. The van der Waals surface area contributed by atoms with Crippen LogP contribution in [-0.4, -0.2) is 56.2 Å². The lowest BCUT2D eigenvalue weighted by atomic mass is 9.81. The van der Waals surface area contributed by atoms with E-state index in [1.807, 2.05) is 36.4 Å². The minimum Gasteiger partial charge on any atom is -0.497 e. The second kappa shape index (κ2) is 11.8. The van der Waals surface area contributed by atoms with E-state index in [0.29, 0.717) is 22.8 Å². The molecule has 1 atom stereocenters. The van der Waals surface area contributed by atoms with Crippen LogP contribution < -0.4 is 9.46 Å². The second-order valence-electron chi connectivity index (χ2n) is 10.7. The van der Waals surface area contributed by atoms with Crippen LogP contribution in [0.2, 0.25) is 0 Å². The van der Waals surface area contributed by atoms with Crippen LogP contribution in [0.25, 0.3) is 28.2 Å². The predicted molar refractivity (Wildman–Crippen MR) is 160 cm³/mol. The molecule has 0 radical (unpaired) electrons. The monoisotopic (exact) mass is 579 g/mol. The number of esters is 1. The molecule has 1 aliphatic carbocycles. The number of benzene rings is 2. The van der Waals surface area contributed by atoms with Crippen LogP contribution in [0.3, 0.4) is 0 Å². The Kier molecular flexibility index (Phi) is 8.37. The molecule has 1 aliphatic heterocycles. The van der Waals surface area contributed by atoms with Crippen LogP contribution in [0.15, 0.2) is 54.6 Å². The molecule has 1 fully saturated rings. The Morgan fingerprint density at radius 2 is 1.95 bits per heavy atom. The Morgan fingerprint density at radius 1 is 1.20 bits per heavy atom. The van der Waals surface area contributed by atoms with Crippen molar-refractivity contribution in [3.8, 4) is 17.0 Å². The van der Waals surface area contributed by atoms with Gasteiger partial charge in [-0.25, -0.2) is 4.79 Å². The minimum absolute atomic E-state index is 0.102. The van der Waals surface area contributed by atoms with Gasteiger partial charge in [-0.05, 0) is 65.8 Å². The van der Waals surface area contributed by atoms with Crippen molar-refractivity contribution in [1.82, 2.24) is 13.6 Å². The molecule has 2 aliphatic rings. The van der Waals surface area contributed by atoms with Gasteiger partial charge in [0, 0.05) is 30.1 Å². The first-order chi connectivity index (χ1) is 19.7.